The molecule has 0 aromatic heterocycles. The summed E-state index contributed by atoms with van der Waals surface area (Å²) < 4.78 is 85.8. The molecule has 33 nitrogen and oxygen atoms in total. The summed E-state index contributed by atoms with van der Waals surface area (Å²) in [5.41, 5.74) is -1.70. The molecule has 7 aliphatic rings. The number of urea groups is 1. The minimum absolute atomic E-state index is 0.00618. The first kappa shape index (κ1) is 91.8. The third-order valence-corrected chi connectivity index (χ3v) is 22.9. The number of carboxylic acids is 1. The number of nitrogens with one attached hydrogen (secondary N) is 8. The van der Waals surface area contributed by atoms with Gasteiger partial charge < -0.3 is 106 Å². The van der Waals surface area contributed by atoms with Crippen molar-refractivity contribution in [2.45, 2.75) is 218 Å². The van der Waals surface area contributed by atoms with Gasteiger partial charge in [-0.15, -0.1) is 11.8 Å². The van der Waals surface area contributed by atoms with Crippen LogP contribution in [0.25, 0.3) is 0 Å². The van der Waals surface area contributed by atoms with Gasteiger partial charge in [0.15, 0.2) is 29.9 Å². The zero-order valence-corrected chi connectivity index (χ0v) is 66.5. The van der Waals surface area contributed by atoms with Gasteiger partial charge in [0, 0.05) is 61.2 Å². The number of carbonyl (C=O) groups is 12. The molecular weight excluding hydrogens is 1510 g/mol. The molecule has 1 aromatic rings. The molecule has 638 valence electrons. The Morgan fingerprint density at radius 2 is 1.35 bits per heavy atom. The van der Waals surface area contributed by atoms with Gasteiger partial charge in [-0.2, -0.15) is 0 Å². The summed E-state index contributed by atoms with van der Waals surface area (Å²) in [4.78, 5) is 159. The van der Waals surface area contributed by atoms with Crippen LogP contribution in [-0.2, 0) is 92.4 Å². The summed E-state index contributed by atoms with van der Waals surface area (Å²) in [6.07, 6.45) is -0.441. The second-order valence-electron chi connectivity index (χ2n) is 31.6. The highest BCUT2D eigenvalue weighted by Gasteiger charge is 2.80. The summed E-state index contributed by atoms with van der Waals surface area (Å²) >= 11 is 0. The van der Waals surface area contributed by atoms with Gasteiger partial charge in [0.1, 0.15) is 43.0 Å². The van der Waals surface area contributed by atoms with Gasteiger partial charge in [-0.3, -0.25) is 38.4 Å². The van der Waals surface area contributed by atoms with Crippen LogP contribution in [0.4, 0.5) is 28.9 Å². The summed E-state index contributed by atoms with van der Waals surface area (Å²) in [5.74, 6) is -2.63. The second-order valence-corrected chi connectivity index (χ2v) is 31.6. The zero-order chi connectivity index (χ0) is 83.8. The van der Waals surface area contributed by atoms with Crippen LogP contribution in [0, 0.1) is 64.1 Å². The summed E-state index contributed by atoms with van der Waals surface area (Å²) in [7, 11) is 0. The van der Waals surface area contributed by atoms with E-state index >= 15 is 8.78 Å². The van der Waals surface area contributed by atoms with Crippen molar-refractivity contribution < 1.29 is 124 Å². The van der Waals surface area contributed by atoms with Crippen molar-refractivity contribution in [3.05, 3.63) is 53.6 Å². The summed E-state index contributed by atoms with van der Waals surface area (Å²) in [6, 6.07) is -2.16. The van der Waals surface area contributed by atoms with Crippen LogP contribution in [0.15, 0.2) is 48.1 Å². The Morgan fingerprint density at radius 3 is 1.97 bits per heavy atom. The molecule has 35 heteroatoms. The van der Waals surface area contributed by atoms with Crippen LogP contribution < -0.4 is 48.3 Å². The second kappa shape index (κ2) is 42.9. The first-order valence-corrected chi connectivity index (χ1v) is 39.9. The molecule has 18 atom stereocenters. The lowest BCUT2D eigenvalue weighted by atomic mass is 9.44. The van der Waals surface area contributed by atoms with Gasteiger partial charge in [0.25, 0.3) is 0 Å². The molecule has 1 aromatic carbocycles. The van der Waals surface area contributed by atoms with E-state index in [2.05, 4.69) is 54.4 Å². The number of alkyl carbamates (subject to hydrolysis) is 2. The average molecular weight is 1620 g/mol. The number of halogens is 2. The van der Waals surface area contributed by atoms with Crippen molar-refractivity contribution in [3.8, 4) is 11.8 Å². The lowest BCUT2D eigenvalue weighted by molar-refractivity contribution is -0.235. The molecule has 0 radical (unpaired) electrons. The first-order chi connectivity index (χ1) is 54.8. The van der Waals surface area contributed by atoms with Crippen LogP contribution in [0.5, 0.6) is 0 Å². The normalized spacial score (nSPS) is 27.3. The molecule has 2 unspecified atom stereocenters. The Kier molecular flexibility index (Phi) is 34.2. The molecule has 4 saturated carbocycles. The van der Waals surface area contributed by atoms with Gasteiger partial charge in [-0.25, -0.2) is 28.0 Å². The van der Waals surface area contributed by atoms with E-state index in [9.17, 15) is 72.9 Å². The smallest absolute Gasteiger partial charge is 0.408 e. The Morgan fingerprint density at radius 1 is 0.713 bits per heavy atom. The molecule has 5 fully saturated rings. The number of esters is 1. The zero-order valence-electron chi connectivity index (χ0n) is 66.5. The Balaban J connectivity index is 0.755. The van der Waals surface area contributed by atoms with Gasteiger partial charge in [0.2, 0.25) is 35.3 Å². The number of ether oxygens (including phenoxy) is 9. The minimum Gasteiger partial charge on any atom is -0.481 e. The van der Waals surface area contributed by atoms with Crippen molar-refractivity contribution in [3.63, 3.8) is 0 Å². The van der Waals surface area contributed by atoms with E-state index in [1.54, 1.807) is 34.6 Å². The molecule has 0 spiro atoms. The number of aliphatic hydroxyl groups is 2. The highest BCUT2D eigenvalue weighted by molar-refractivity contribution is 6.02. The predicted molar refractivity (Wildman–Crippen MR) is 406 cm³/mol. The van der Waals surface area contributed by atoms with Crippen molar-refractivity contribution in [2.75, 3.05) is 91.1 Å². The number of nitrogens with two attached hydrogens (primary N) is 1. The highest BCUT2D eigenvalue weighted by atomic mass is 19.1. The maximum atomic E-state index is 18.1. The van der Waals surface area contributed by atoms with Crippen molar-refractivity contribution in [1.29, 1.82) is 0 Å². The van der Waals surface area contributed by atoms with Crippen LogP contribution in [0.2, 0.25) is 0 Å². The third-order valence-electron chi connectivity index (χ3n) is 22.9. The minimum atomic E-state index is -2.46. The number of hydrogen-bond acceptors (Lipinski definition) is 23. The maximum absolute atomic E-state index is 18.1. The topological polar surface area (TPSA) is 471 Å². The third kappa shape index (κ3) is 24.0. The number of hydrogen-bond donors (Lipinski definition) is 12. The van der Waals surface area contributed by atoms with E-state index < -0.39 is 199 Å². The molecule has 115 heavy (non-hydrogen) atoms. The number of carbonyl (C=O) groups excluding carboxylic acids is 11. The molecule has 1 heterocycles. The number of amides is 9. The van der Waals surface area contributed by atoms with E-state index in [1.807, 2.05) is 6.92 Å². The SMILES string of the molecule is CCCC1O[C@@H]2C[C@H]3[C@@H]4C[C@H](F)C5=CC(=O)C=C[C@]5(C)[C@@]4(F)[C@@H](O)C[C@]3(C)[C@]2(C(=O)COC(=O)[C@H](CC(C)C)NC(=O)[C@H](CO)NC(=O)OCc2ccc(NC(=O)[C@H](CCCNC(N)=O)NC(=O)[C@@H](NC(=O)[C@@H](CCC(=O)O)NC(=O)CCOCCOCCOCCOCCNC(=O)OCC3[C@H]4CCC#CCC[C@@H]34)C(C)C)cc2)O1. The average Bonchev–Trinajstić information content (AvgIpc) is 1.57. The monoisotopic (exact) mass is 1620 g/mol. The van der Waals surface area contributed by atoms with E-state index in [4.69, 9.17) is 48.4 Å². The van der Waals surface area contributed by atoms with Gasteiger partial charge in [0.05, 0.1) is 78.3 Å². The predicted octanol–water partition coefficient (Wildman–Crippen LogP) is 4.11. The van der Waals surface area contributed by atoms with E-state index in [0.717, 1.165) is 31.8 Å². The van der Waals surface area contributed by atoms with E-state index in [0.29, 0.717) is 62.5 Å². The molecule has 1 saturated heterocycles. The number of ketones is 2. The largest absolute Gasteiger partial charge is 0.481 e. The molecule has 6 aliphatic carbocycles. The molecule has 8 rings (SSSR count). The fourth-order valence-electron chi connectivity index (χ4n) is 16.9. The maximum Gasteiger partial charge on any atom is 0.408 e. The number of benzene rings is 1. The number of primary amides is 1. The van der Waals surface area contributed by atoms with Crippen LogP contribution in [0.3, 0.4) is 0 Å². The van der Waals surface area contributed by atoms with Crippen LogP contribution in [0.1, 0.15) is 150 Å². The van der Waals surface area contributed by atoms with Crippen molar-refractivity contribution in [2.24, 2.45) is 58.0 Å². The standard InChI is InChI=1S/C80H115F2N9O24/c1-8-14-67-114-64-40-54-55-39-57(81)56-38-50(93)24-26-77(56,6)79(55,82)62(94)41-78(54,7)80(64,115-67)63(95)45-111-73(103)60(37-46(2)3)89-71(101)61(42-92)90-76(106)112-43-48-18-20-49(21-19-48)86-69(99)58(17-13-27-84-74(83)104)88-72(102)68(47(4)5)91-70(100)59(22-23-66(97)98)87-65(96)25-29-107-31-33-109-35-36-110-34-32-108-30-28-85-75(105)113-44-53-51-15-11-9-10-12-16-52(51)53/h18-21,24,26,38,46-47,51-55,57-62,64,67-68,92,94H,8,11-17,22-23,25,27-37,39-45H2,1-7H3,(H,85,105)(H,86,99)(H,87,96)(H,88,102)(H,89,101)(H,90,106)(H,91,100)(H,97,98)(H3,83,84,104)/t51-,52+,53?,54-,55-,57-,58-,59+,60-,61-,62-,64+,67?,68-,77-,78-,79-,80+/m0/s1. The van der Waals surface area contributed by atoms with Gasteiger partial charge >= 0.3 is 30.2 Å². The summed E-state index contributed by atoms with van der Waals surface area (Å²) in [6.45, 7) is 11.7. The molecule has 13 N–H and O–H groups in total. The Hall–Kier alpha value is -8.76. The fraction of sp³-hybridized carbons (Fsp3) is 0.700. The number of alkyl halides is 2. The van der Waals surface area contributed by atoms with Crippen LogP contribution >= 0.6 is 0 Å². The first-order valence-electron chi connectivity index (χ1n) is 39.9. The highest BCUT2D eigenvalue weighted by Crippen LogP contribution is 2.72. The summed E-state index contributed by atoms with van der Waals surface area (Å²) in [5, 5.41) is 52.2. The number of carboxylic acid groups (broad SMARTS) is 1. The van der Waals surface area contributed by atoms with E-state index in [-0.39, 0.29) is 108 Å². The molecule has 1 aliphatic heterocycles. The number of Topliss-reactive ketones (excluding diaryl/α,β-unsaturated/α-hetero) is 1. The number of allylic oxidation sites excluding steroid dienone is 4. The van der Waals surface area contributed by atoms with Crippen LogP contribution in [-0.4, -0.2) is 238 Å². The quantitative estimate of drug-likeness (QED) is 0.0189. The molecular formula is C80H115F2N9O24. The van der Waals surface area contributed by atoms with E-state index in [1.165, 1.54) is 43.3 Å². The Bertz CT molecular complexity index is 3690. The van der Waals surface area contributed by atoms with Crippen molar-refractivity contribution >= 4 is 76.9 Å². The molecule has 0 bridgehead atoms. The van der Waals surface area contributed by atoms with Gasteiger partial charge in [-0.1, -0.05) is 66.2 Å². The number of aliphatic hydroxyl groups excluding tert-OH is 2. The van der Waals surface area contributed by atoms with Crippen molar-refractivity contribution in [1.82, 2.24) is 37.2 Å². The number of anilines is 1. The number of rotatable bonds is 46. The lowest BCUT2D eigenvalue weighted by Gasteiger charge is -2.63. The lowest BCUT2D eigenvalue weighted by Crippen LogP contribution is -2.71. The van der Waals surface area contributed by atoms with Gasteiger partial charge in [-0.05, 0) is 142 Å². The number of aliphatic carboxylic acids is 1. The number of fused-ring (bicyclic) bond motifs is 8. The fourth-order valence-corrected chi connectivity index (χ4v) is 16.9. The Labute approximate surface area is 667 Å². The molecule has 9 amide bonds.